The van der Waals surface area contributed by atoms with E-state index in [4.69, 9.17) is 9.47 Å². The van der Waals surface area contributed by atoms with Crippen molar-refractivity contribution in [3.8, 4) is 0 Å². The molecule has 0 amide bonds. The summed E-state index contributed by atoms with van der Waals surface area (Å²) in [6, 6.07) is 0.725. The molecule has 2 rings (SSSR count). The average Bonchev–Trinajstić information content (AvgIpc) is 2.29. The van der Waals surface area contributed by atoms with E-state index in [-0.39, 0.29) is 0 Å². The van der Waals surface area contributed by atoms with Crippen LogP contribution in [0.3, 0.4) is 0 Å². The molecule has 0 aromatic carbocycles. The molecule has 0 radical (unpaired) electrons. The van der Waals surface area contributed by atoms with Gasteiger partial charge < -0.3 is 9.47 Å². The van der Waals surface area contributed by atoms with Crippen LogP contribution >= 0.6 is 0 Å². The lowest BCUT2D eigenvalue weighted by molar-refractivity contribution is -0.0885. The third-order valence-electron chi connectivity index (χ3n) is 3.58. The van der Waals surface area contributed by atoms with E-state index in [0.717, 1.165) is 38.8 Å². The summed E-state index contributed by atoms with van der Waals surface area (Å²) in [5.41, 5.74) is 0. The monoisotopic (exact) mass is 213 g/mol. The highest BCUT2D eigenvalue weighted by atomic mass is 16.5. The van der Waals surface area contributed by atoms with Crippen molar-refractivity contribution >= 4 is 0 Å². The average molecular weight is 213 g/mol. The van der Waals surface area contributed by atoms with Crippen LogP contribution in [-0.2, 0) is 9.47 Å². The summed E-state index contributed by atoms with van der Waals surface area (Å²) in [6.45, 7) is 8.45. The number of ether oxygens (including phenoxy) is 2. The van der Waals surface area contributed by atoms with Crippen molar-refractivity contribution < 1.29 is 9.47 Å². The standard InChI is InChI=1S/C12H23NO2/c1-3-12-9-11(8-10(2)15-12)13-4-6-14-7-5-13/h10-12H,3-9H2,1-2H3. The summed E-state index contributed by atoms with van der Waals surface area (Å²) in [5, 5.41) is 0. The van der Waals surface area contributed by atoms with Gasteiger partial charge in [0.05, 0.1) is 25.4 Å². The molecule has 0 aliphatic carbocycles. The molecule has 3 nitrogen and oxygen atoms in total. The van der Waals surface area contributed by atoms with Crippen LogP contribution in [0, 0.1) is 0 Å². The Morgan fingerprint density at radius 2 is 1.93 bits per heavy atom. The van der Waals surface area contributed by atoms with E-state index in [1.807, 2.05) is 0 Å². The summed E-state index contributed by atoms with van der Waals surface area (Å²) in [5.74, 6) is 0. The maximum atomic E-state index is 5.90. The molecule has 0 spiro atoms. The zero-order valence-electron chi connectivity index (χ0n) is 9.95. The molecule has 0 aromatic rings. The maximum Gasteiger partial charge on any atom is 0.0594 e. The Kier molecular flexibility index (Phi) is 4.00. The number of rotatable bonds is 2. The first-order valence-corrected chi connectivity index (χ1v) is 6.27. The SMILES string of the molecule is CCC1CC(N2CCOCC2)CC(C)O1. The highest BCUT2D eigenvalue weighted by molar-refractivity contribution is 4.83. The summed E-state index contributed by atoms with van der Waals surface area (Å²) in [7, 11) is 0. The van der Waals surface area contributed by atoms with Crippen LogP contribution in [-0.4, -0.2) is 49.5 Å². The van der Waals surface area contributed by atoms with Gasteiger partial charge in [-0.3, -0.25) is 4.90 Å². The third kappa shape index (κ3) is 2.92. The van der Waals surface area contributed by atoms with Gasteiger partial charge in [-0.05, 0) is 26.2 Å². The zero-order valence-corrected chi connectivity index (χ0v) is 9.95. The van der Waals surface area contributed by atoms with E-state index in [9.17, 15) is 0 Å². The summed E-state index contributed by atoms with van der Waals surface area (Å²) in [4.78, 5) is 2.59. The minimum atomic E-state index is 0.427. The largest absolute Gasteiger partial charge is 0.379 e. The van der Waals surface area contributed by atoms with Crippen molar-refractivity contribution in [2.24, 2.45) is 0 Å². The predicted octanol–water partition coefficient (Wildman–Crippen LogP) is 1.66. The lowest BCUT2D eigenvalue weighted by atomic mass is 9.96. The second kappa shape index (κ2) is 5.28. The summed E-state index contributed by atoms with van der Waals surface area (Å²) in [6.07, 6.45) is 4.45. The van der Waals surface area contributed by atoms with E-state index >= 15 is 0 Å². The Bertz CT molecular complexity index is 192. The van der Waals surface area contributed by atoms with Crippen LogP contribution in [0.4, 0.5) is 0 Å². The molecule has 15 heavy (non-hydrogen) atoms. The Morgan fingerprint density at radius 3 is 2.60 bits per heavy atom. The minimum absolute atomic E-state index is 0.427. The van der Waals surface area contributed by atoms with Crippen molar-refractivity contribution in [2.75, 3.05) is 26.3 Å². The fourth-order valence-corrected chi connectivity index (χ4v) is 2.73. The Morgan fingerprint density at radius 1 is 1.20 bits per heavy atom. The van der Waals surface area contributed by atoms with Gasteiger partial charge in [0.1, 0.15) is 0 Å². The van der Waals surface area contributed by atoms with Crippen LogP contribution in [0.1, 0.15) is 33.1 Å². The van der Waals surface area contributed by atoms with Gasteiger partial charge in [-0.1, -0.05) is 6.92 Å². The summed E-state index contributed by atoms with van der Waals surface area (Å²) >= 11 is 0. The van der Waals surface area contributed by atoms with Crippen LogP contribution < -0.4 is 0 Å². The van der Waals surface area contributed by atoms with E-state index < -0.39 is 0 Å². The van der Waals surface area contributed by atoms with E-state index in [0.29, 0.717) is 12.2 Å². The number of nitrogens with zero attached hydrogens (tertiary/aromatic N) is 1. The van der Waals surface area contributed by atoms with Crippen LogP contribution in [0.25, 0.3) is 0 Å². The zero-order chi connectivity index (χ0) is 10.7. The van der Waals surface area contributed by atoms with Crippen LogP contribution in [0.2, 0.25) is 0 Å². The second-order valence-corrected chi connectivity index (χ2v) is 4.75. The van der Waals surface area contributed by atoms with E-state index in [1.165, 1.54) is 12.8 Å². The van der Waals surface area contributed by atoms with E-state index in [2.05, 4.69) is 18.7 Å². The second-order valence-electron chi connectivity index (χ2n) is 4.75. The van der Waals surface area contributed by atoms with Gasteiger partial charge in [-0.2, -0.15) is 0 Å². The van der Waals surface area contributed by atoms with Crippen molar-refractivity contribution in [1.29, 1.82) is 0 Å². The first-order chi connectivity index (χ1) is 7.29. The number of hydrogen-bond acceptors (Lipinski definition) is 3. The number of morpholine rings is 1. The van der Waals surface area contributed by atoms with Gasteiger partial charge in [-0.25, -0.2) is 0 Å². The molecule has 2 heterocycles. The lowest BCUT2D eigenvalue weighted by Gasteiger charge is -2.41. The molecule has 2 saturated heterocycles. The van der Waals surface area contributed by atoms with Crippen molar-refractivity contribution in [3.05, 3.63) is 0 Å². The predicted molar refractivity (Wildman–Crippen MR) is 60.0 cm³/mol. The van der Waals surface area contributed by atoms with Gasteiger partial charge in [-0.15, -0.1) is 0 Å². The van der Waals surface area contributed by atoms with Gasteiger partial charge in [0.15, 0.2) is 0 Å². The normalized spacial score (nSPS) is 39.2. The lowest BCUT2D eigenvalue weighted by Crippen LogP contribution is -2.49. The molecular weight excluding hydrogens is 190 g/mol. The molecule has 2 aliphatic heterocycles. The molecule has 0 saturated carbocycles. The minimum Gasteiger partial charge on any atom is -0.379 e. The fraction of sp³-hybridized carbons (Fsp3) is 1.00. The van der Waals surface area contributed by atoms with Crippen LogP contribution in [0.15, 0.2) is 0 Å². The topological polar surface area (TPSA) is 21.7 Å². The Hall–Kier alpha value is -0.120. The van der Waals surface area contributed by atoms with Crippen molar-refractivity contribution in [2.45, 2.75) is 51.4 Å². The fourth-order valence-electron chi connectivity index (χ4n) is 2.73. The van der Waals surface area contributed by atoms with Crippen molar-refractivity contribution in [3.63, 3.8) is 0 Å². The highest BCUT2D eigenvalue weighted by Gasteiger charge is 2.30. The van der Waals surface area contributed by atoms with Gasteiger partial charge in [0.25, 0.3) is 0 Å². The van der Waals surface area contributed by atoms with Crippen LogP contribution in [0.5, 0.6) is 0 Å². The Labute approximate surface area is 92.7 Å². The van der Waals surface area contributed by atoms with Gasteiger partial charge >= 0.3 is 0 Å². The molecule has 2 aliphatic rings. The molecule has 2 fully saturated rings. The molecule has 3 unspecified atom stereocenters. The molecule has 0 aromatic heterocycles. The first-order valence-electron chi connectivity index (χ1n) is 6.27. The molecule has 0 bridgehead atoms. The molecular formula is C12H23NO2. The summed E-state index contributed by atoms with van der Waals surface area (Å²) < 4.78 is 11.3. The molecule has 88 valence electrons. The molecule has 0 N–H and O–H groups in total. The molecule has 3 atom stereocenters. The Balaban J connectivity index is 1.89. The van der Waals surface area contributed by atoms with Crippen molar-refractivity contribution in [1.82, 2.24) is 4.90 Å². The van der Waals surface area contributed by atoms with Gasteiger partial charge in [0, 0.05) is 19.1 Å². The smallest absolute Gasteiger partial charge is 0.0594 e. The third-order valence-corrected chi connectivity index (χ3v) is 3.58. The van der Waals surface area contributed by atoms with E-state index in [1.54, 1.807) is 0 Å². The molecule has 3 heteroatoms. The maximum absolute atomic E-state index is 5.90. The quantitative estimate of drug-likeness (QED) is 0.696. The highest BCUT2D eigenvalue weighted by Crippen LogP contribution is 2.25. The first kappa shape index (κ1) is 11.4. The van der Waals surface area contributed by atoms with Gasteiger partial charge in [0.2, 0.25) is 0 Å². The number of hydrogen-bond donors (Lipinski definition) is 0.